The zero-order valence-electron chi connectivity index (χ0n) is 10.4. The standard InChI is InChI=1S/C12H21N3O2/c1-16-6-5-15-9-12(8-14-15)17-10-11-3-2-4-13-7-11/h8-9,11,13H,2-7,10H2,1H3. The fraction of sp³-hybridized carbons (Fsp3) is 0.750. The van der Waals surface area contributed by atoms with Crippen molar-refractivity contribution in [3.8, 4) is 5.75 Å². The first kappa shape index (κ1) is 12.4. The fourth-order valence-corrected chi connectivity index (χ4v) is 2.01. The van der Waals surface area contributed by atoms with Gasteiger partial charge in [-0.2, -0.15) is 5.10 Å². The van der Waals surface area contributed by atoms with Crippen LogP contribution in [0, 0.1) is 5.92 Å². The summed E-state index contributed by atoms with van der Waals surface area (Å²) in [5.74, 6) is 1.48. The van der Waals surface area contributed by atoms with E-state index in [1.165, 1.54) is 12.8 Å². The molecule has 17 heavy (non-hydrogen) atoms. The zero-order valence-corrected chi connectivity index (χ0v) is 10.4. The fourth-order valence-electron chi connectivity index (χ4n) is 2.01. The van der Waals surface area contributed by atoms with Gasteiger partial charge in [0.2, 0.25) is 0 Å². The third-order valence-electron chi connectivity index (χ3n) is 3.02. The predicted octanol–water partition coefficient (Wildman–Crippen LogP) is 0.908. The molecule has 1 aliphatic heterocycles. The Kier molecular flexibility index (Phi) is 4.82. The number of nitrogens with one attached hydrogen (secondary N) is 1. The monoisotopic (exact) mass is 239 g/mol. The lowest BCUT2D eigenvalue weighted by molar-refractivity contribution is 0.183. The second kappa shape index (κ2) is 6.61. The van der Waals surface area contributed by atoms with E-state index in [0.717, 1.165) is 32.0 Å². The van der Waals surface area contributed by atoms with Crippen LogP contribution in [-0.2, 0) is 11.3 Å². The molecule has 1 aliphatic rings. The van der Waals surface area contributed by atoms with E-state index in [-0.39, 0.29) is 0 Å². The summed E-state index contributed by atoms with van der Waals surface area (Å²) in [6.07, 6.45) is 6.20. The molecular formula is C12H21N3O2. The van der Waals surface area contributed by atoms with Crippen LogP contribution in [0.25, 0.3) is 0 Å². The number of rotatable bonds is 6. The molecule has 0 aromatic carbocycles. The number of ether oxygens (including phenoxy) is 2. The van der Waals surface area contributed by atoms with Crippen molar-refractivity contribution in [3.05, 3.63) is 12.4 Å². The summed E-state index contributed by atoms with van der Waals surface area (Å²) in [6.45, 7) is 4.44. The summed E-state index contributed by atoms with van der Waals surface area (Å²) < 4.78 is 12.6. The summed E-state index contributed by atoms with van der Waals surface area (Å²) in [7, 11) is 1.69. The highest BCUT2D eigenvalue weighted by molar-refractivity contribution is 5.11. The highest BCUT2D eigenvalue weighted by Crippen LogP contribution is 2.14. The summed E-state index contributed by atoms with van der Waals surface area (Å²) in [5, 5.41) is 7.60. The molecule has 1 unspecified atom stereocenters. The SMILES string of the molecule is COCCn1cc(OCC2CCCNC2)cn1. The Bertz CT molecular complexity index is 321. The zero-order chi connectivity index (χ0) is 11.9. The maximum Gasteiger partial charge on any atom is 0.157 e. The van der Waals surface area contributed by atoms with E-state index in [2.05, 4.69) is 10.4 Å². The number of hydrogen-bond acceptors (Lipinski definition) is 4. The number of methoxy groups -OCH3 is 1. The first-order valence-electron chi connectivity index (χ1n) is 6.23. The van der Waals surface area contributed by atoms with Gasteiger partial charge in [-0.1, -0.05) is 0 Å². The largest absolute Gasteiger partial charge is 0.490 e. The second-order valence-corrected chi connectivity index (χ2v) is 4.46. The molecule has 1 aromatic rings. The quantitative estimate of drug-likeness (QED) is 0.801. The Morgan fingerprint density at radius 1 is 1.59 bits per heavy atom. The lowest BCUT2D eigenvalue weighted by Gasteiger charge is -2.22. The summed E-state index contributed by atoms with van der Waals surface area (Å²) in [4.78, 5) is 0. The van der Waals surface area contributed by atoms with Crippen LogP contribution in [0.1, 0.15) is 12.8 Å². The molecule has 1 atom stereocenters. The van der Waals surface area contributed by atoms with Gasteiger partial charge >= 0.3 is 0 Å². The third kappa shape index (κ3) is 4.02. The summed E-state index contributed by atoms with van der Waals surface area (Å²) >= 11 is 0. The van der Waals surface area contributed by atoms with Crippen molar-refractivity contribution >= 4 is 0 Å². The molecule has 96 valence electrons. The lowest BCUT2D eigenvalue weighted by atomic mass is 10.0. The average Bonchev–Trinajstić information content (AvgIpc) is 2.83. The minimum absolute atomic E-state index is 0.631. The molecule has 0 spiro atoms. The molecule has 1 N–H and O–H groups in total. The molecule has 0 saturated carbocycles. The molecule has 0 bridgehead atoms. The topological polar surface area (TPSA) is 48.3 Å². The van der Waals surface area contributed by atoms with E-state index in [0.29, 0.717) is 12.5 Å². The molecule has 2 heterocycles. The molecule has 5 heteroatoms. The Balaban J connectivity index is 1.72. The van der Waals surface area contributed by atoms with Crippen LogP contribution >= 0.6 is 0 Å². The molecule has 1 aromatic heterocycles. The molecule has 2 rings (SSSR count). The van der Waals surface area contributed by atoms with Crippen molar-refractivity contribution in [2.24, 2.45) is 5.92 Å². The number of nitrogens with zero attached hydrogens (tertiary/aromatic N) is 2. The van der Waals surface area contributed by atoms with Gasteiger partial charge in [0.05, 0.1) is 32.2 Å². The first-order valence-corrected chi connectivity index (χ1v) is 6.23. The van der Waals surface area contributed by atoms with Gasteiger partial charge in [0, 0.05) is 19.6 Å². The van der Waals surface area contributed by atoms with Crippen LogP contribution in [0.2, 0.25) is 0 Å². The van der Waals surface area contributed by atoms with Crippen LogP contribution in [0.3, 0.4) is 0 Å². The predicted molar refractivity (Wildman–Crippen MR) is 65.2 cm³/mol. The highest BCUT2D eigenvalue weighted by atomic mass is 16.5. The molecule has 0 aliphatic carbocycles. The summed E-state index contributed by atoms with van der Waals surface area (Å²) in [6, 6.07) is 0. The van der Waals surface area contributed by atoms with E-state index in [1.807, 2.05) is 10.9 Å². The van der Waals surface area contributed by atoms with Crippen molar-refractivity contribution in [1.82, 2.24) is 15.1 Å². The van der Waals surface area contributed by atoms with Crippen molar-refractivity contribution in [3.63, 3.8) is 0 Å². The molecule has 1 saturated heterocycles. The van der Waals surface area contributed by atoms with Crippen molar-refractivity contribution in [2.45, 2.75) is 19.4 Å². The van der Waals surface area contributed by atoms with Gasteiger partial charge in [0.1, 0.15) is 0 Å². The Morgan fingerprint density at radius 2 is 2.53 bits per heavy atom. The second-order valence-electron chi connectivity index (χ2n) is 4.46. The molecule has 5 nitrogen and oxygen atoms in total. The third-order valence-corrected chi connectivity index (χ3v) is 3.02. The van der Waals surface area contributed by atoms with E-state index < -0.39 is 0 Å². The van der Waals surface area contributed by atoms with E-state index in [9.17, 15) is 0 Å². The van der Waals surface area contributed by atoms with E-state index >= 15 is 0 Å². The van der Waals surface area contributed by atoms with Crippen molar-refractivity contribution in [1.29, 1.82) is 0 Å². The van der Waals surface area contributed by atoms with Crippen molar-refractivity contribution < 1.29 is 9.47 Å². The smallest absolute Gasteiger partial charge is 0.157 e. The molecular weight excluding hydrogens is 218 g/mol. The number of piperidine rings is 1. The van der Waals surface area contributed by atoms with Crippen LogP contribution in [-0.4, -0.2) is 43.2 Å². The van der Waals surface area contributed by atoms with E-state index in [4.69, 9.17) is 9.47 Å². The van der Waals surface area contributed by atoms with Gasteiger partial charge < -0.3 is 14.8 Å². The van der Waals surface area contributed by atoms with Crippen LogP contribution in [0.4, 0.5) is 0 Å². The minimum Gasteiger partial charge on any atom is -0.490 e. The first-order chi connectivity index (χ1) is 8.38. The maximum absolute atomic E-state index is 5.74. The van der Waals surface area contributed by atoms with Gasteiger partial charge in [0.25, 0.3) is 0 Å². The average molecular weight is 239 g/mol. The van der Waals surface area contributed by atoms with Gasteiger partial charge in [0.15, 0.2) is 5.75 Å². The van der Waals surface area contributed by atoms with Gasteiger partial charge in [-0.05, 0) is 19.4 Å². The van der Waals surface area contributed by atoms with Gasteiger partial charge in [-0.25, -0.2) is 0 Å². The molecule has 0 amide bonds. The number of aromatic nitrogens is 2. The van der Waals surface area contributed by atoms with Crippen LogP contribution in [0.15, 0.2) is 12.4 Å². The highest BCUT2D eigenvalue weighted by Gasteiger charge is 2.13. The minimum atomic E-state index is 0.631. The summed E-state index contributed by atoms with van der Waals surface area (Å²) in [5.41, 5.74) is 0. The Morgan fingerprint density at radius 3 is 3.29 bits per heavy atom. The molecule has 1 fully saturated rings. The normalized spacial score (nSPS) is 20.4. The van der Waals surface area contributed by atoms with Crippen molar-refractivity contribution in [2.75, 3.05) is 33.4 Å². The van der Waals surface area contributed by atoms with Crippen LogP contribution < -0.4 is 10.1 Å². The lowest BCUT2D eigenvalue weighted by Crippen LogP contribution is -2.32. The Labute approximate surface area is 102 Å². The molecule has 0 radical (unpaired) electrons. The Hall–Kier alpha value is -1.07. The van der Waals surface area contributed by atoms with Crippen LogP contribution in [0.5, 0.6) is 5.75 Å². The maximum atomic E-state index is 5.74. The van der Waals surface area contributed by atoms with Gasteiger partial charge in [-0.15, -0.1) is 0 Å². The number of hydrogen-bond donors (Lipinski definition) is 1. The van der Waals surface area contributed by atoms with Gasteiger partial charge in [-0.3, -0.25) is 4.68 Å². The van der Waals surface area contributed by atoms with E-state index in [1.54, 1.807) is 13.3 Å².